The summed E-state index contributed by atoms with van der Waals surface area (Å²) < 4.78 is 7.30. The van der Waals surface area contributed by atoms with Crippen LogP contribution < -0.4 is 5.32 Å². The summed E-state index contributed by atoms with van der Waals surface area (Å²) in [6.07, 6.45) is 2.74. The number of thiazole rings is 1. The van der Waals surface area contributed by atoms with Crippen molar-refractivity contribution in [2.24, 2.45) is 7.05 Å². The average Bonchev–Trinajstić information content (AvgIpc) is 3.26. The van der Waals surface area contributed by atoms with E-state index in [1.807, 2.05) is 13.1 Å². The minimum atomic E-state index is -0.147. The molecule has 3 aromatic rings. The van der Waals surface area contributed by atoms with Crippen molar-refractivity contribution in [3.05, 3.63) is 22.8 Å². The van der Waals surface area contributed by atoms with Crippen LogP contribution in [0.2, 0.25) is 0 Å². The number of aromatic nitrogens is 4. The van der Waals surface area contributed by atoms with Gasteiger partial charge in [-0.3, -0.25) is 9.48 Å². The Bertz CT molecular complexity index is 956. The molecule has 0 spiro atoms. The monoisotopic (exact) mass is 357 g/mol. The van der Waals surface area contributed by atoms with Gasteiger partial charge in [-0.1, -0.05) is 0 Å². The molecule has 1 saturated heterocycles. The van der Waals surface area contributed by atoms with Gasteiger partial charge in [0, 0.05) is 36.8 Å². The predicted molar refractivity (Wildman–Crippen MR) is 96.8 cm³/mol. The molecule has 0 bridgehead atoms. The predicted octanol–water partition coefficient (Wildman–Crippen LogP) is 2.86. The zero-order chi connectivity index (χ0) is 17.6. The van der Waals surface area contributed by atoms with Crippen molar-refractivity contribution in [3.8, 4) is 10.7 Å². The Morgan fingerprint density at radius 2 is 2.32 bits per heavy atom. The van der Waals surface area contributed by atoms with Gasteiger partial charge in [0.15, 0.2) is 0 Å². The summed E-state index contributed by atoms with van der Waals surface area (Å²) >= 11 is 1.65. The maximum absolute atomic E-state index is 11.3. The number of amides is 1. The van der Waals surface area contributed by atoms with Gasteiger partial charge < -0.3 is 10.1 Å². The largest absolute Gasteiger partial charge is 0.381 e. The van der Waals surface area contributed by atoms with Crippen LogP contribution >= 0.6 is 11.3 Å². The minimum Gasteiger partial charge on any atom is -0.381 e. The van der Waals surface area contributed by atoms with E-state index in [1.54, 1.807) is 22.2 Å². The topological polar surface area (TPSA) is 81.9 Å². The van der Waals surface area contributed by atoms with Gasteiger partial charge in [-0.15, -0.1) is 11.3 Å². The standard InChI is InChI=1S/C17H19N5O2S/c1-9-15(11-4-5-24-8-11)20-17(25-9)16-12-6-14(19-10(2)23)18-7-13(12)22(3)21-16/h6-7,11H,4-5,8H2,1-3H3,(H,18,19,23). The van der Waals surface area contributed by atoms with Crippen LogP contribution in [0.3, 0.4) is 0 Å². The van der Waals surface area contributed by atoms with Crippen LogP contribution in [-0.4, -0.2) is 38.9 Å². The van der Waals surface area contributed by atoms with Gasteiger partial charge in [-0.2, -0.15) is 5.10 Å². The summed E-state index contributed by atoms with van der Waals surface area (Å²) in [4.78, 5) is 21.7. The highest BCUT2D eigenvalue weighted by molar-refractivity contribution is 7.15. The van der Waals surface area contributed by atoms with E-state index in [0.29, 0.717) is 11.7 Å². The Hall–Kier alpha value is -2.32. The number of ether oxygens (including phenoxy) is 1. The summed E-state index contributed by atoms with van der Waals surface area (Å²) in [5, 5.41) is 9.20. The lowest BCUT2D eigenvalue weighted by atomic mass is 10.0. The second kappa shape index (κ2) is 6.20. The number of nitrogens with zero attached hydrogens (tertiary/aromatic N) is 4. The Morgan fingerprint density at radius 1 is 1.48 bits per heavy atom. The molecular formula is C17H19N5O2S. The number of carbonyl (C=O) groups is 1. The number of rotatable bonds is 3. The van der Waals surface area contributed by atoms with Crippen LogP contribution in [0.1, 0.15) is 29.8 Å². The Morgan fingerprint density at radius 3 is 3.04 bits per heavy atom. The first-order chi connectivity index (χ1) is 12.0. The van der Waals surface area contributed by atoms with Crippen LogP contribution in [0, 0.1) is 6.92 Å². The lowest BCUT2D eigenvalue weighted by Crippen LogP contribution is -2.07. The molecular weight excluding hydrogens is 338 g/mol. The molecule has 1 N–H and O–H groups in total. The molecule has 8 heteroatoms. The third-order valence-corrected chi connectivity index (χ3v) is 5.39. The molecule has 3 aromatic heterocycles. The van der Waals surface area contributed by atoms with E-state index in [1.165, 1.54) is 11.8 Å². The second-order valence-electron chi connectivity index (χ2n) is 6.26. The van der Waals surface area contributed by atoms with E-state index in [9.17, 15) is 4.79 Å². The van der Waals surface area contributed by atoms with Crippen molar-refractivity contribution < 1.29 is 9.53 Å². The molecule has 1 atom stereocenters. The molecule has 1 aliphatic heterocycles. The summed E-state index contributed by atoms with van der Waals surface area (Å²) in [6, 6.07) is 1.86. The molecule has 1 unspecified atom stereocenters. The molecule has 1 fully saturated rings. The molecule has 0 aliphatic carbocycles. The fourth-order valence-electron chi connectivity index (χ4n) is 3.20. The van der Waals surface area contributed by atoms with E-state index < -0.39 is 0 Å². The number of pyridine rings is 1. The Labute approximate surface area is 149 Å². The van der Waals surface area contributed by atoms with Gasteiger partial charge >= 0.3 is 0 Å². The number of fused-ring (bicyclic) bond motifs is 1. The van der Waals surface area contributed by atoms with E-state index in [0.717, 1.165) is 46.9 Å². The molecule has 0 aromatic carbocycles. The number of aryl methyl sites for hydroxylation is 2. The first-order valence-electron chi connectivity index (χ1n) is 8.18. The minimum absolute atomic E-state index is 0.147. The normalized spacial score (nSPS) is 17.3. The summed E-state index contributed by atoms with van der Waals surface area (Å²) in [5.74, 6) is 0.745. The molecule has 25 heavy (non-hydrogen) atoms. The maximum Gasteiger partial charge on any atom is 0.222 e. The molecule has 1 amide bonds. The maximum atomic E-state index is 11.3. The third-order valence-electron chi connectivity index (χ3n) is 4.39. The quantitative estimate of drug-likeness (QED) is 0.779. The van der Waals surface area contributed by atoms with Gasteiger partial charge in [-0.25, -0.2) is 9.97 Å². The van der Waals surface area contributed by atoms with Crippen molar-refractivity contribution in [3.63, 3.8) is 0 Å². The number of anilines is 1. The number of carbonyl (C=O) groups excluding carboxylic acids is 1. The van der Waals surface area contributed by atoms with Gasteiger partial charge in [0.05, 0.1) is 24.0 Å². The lowest BCUT2D eigenvalue weighted by Gasteiger charge is -2.03. The van der Waals surface area contributed by atoms with Crippen molar-refractivity contribution in [2.75, 3.05) is 18.5 Å². The van der Waals surface area contributed by atoms with Gasteiger partial charge in [0.1, 0.15) is 16.5 Å². The van der Waals surface area contributed by atoms with Crippen molar-refractivity contribution >= 4 is 34.0 Å². The highest BCUT2D eigenvalue weighted by atomic mass is 32.1. The number of nitrogens with one attached hydrogen (secondary N) is 1. The summed E-state index contributed by atoms with van der Waals surface area (Å²) in [6.45, 7) is 5.11. The molecule has 1 aliphatic rings. The van der Waals surface area contributed by atoms with E-state index in [2.05, 4.69) is 22.3 Å². The summed E-state index contributed by atoms with van der Waals surface area (Å²) in [5.41, 5.74) is 2.85. The highest BCUT2D eigenvalue weighted by Crippen LogP contribution is 2.36. The van der Waals surface area contributed by atoms with E-state index in [4.69, 9.17) is 9.72 Å². The SMILES string of the molecule is CC(=O)Nc1cc2c(-c3nc(C4CCOC4)c(C)s3)nn(C)c2cn1. The summed E-state index contributed by atoms with van der Waals surface area (Å²) in [7, 11) is 1.89. The lowest BCUT2D eigenvalue weighted by molar-refractivity contribution is -0.114. The average molecular weight is 357 g/mol. The first-order valence-corrected chi connectivity index (χ1v) is 9.00. The van der Waals surface area contributed by atoms with Gasteiger partial charge in [0.2, 0.25) is 5.91 Å². The molecule has 0 saturated carbocycles. The van der Waals surface area contributed by atoms with Gasteiger partial charge in [0.25, 0.3) is 0 Å². The second-order valence-corrected chi connectivity index (χ2v) is 7.46. The van der Waals surface area contributed by atoms with E-state index >= 15 is 0 Å². The van der Waals surface area contributed by atoms with Crippen molar-refractivity contribution in [1.29, 1.82) is 0 Å². The van der Waals surface area contributed by atoms with Gasteiger partial charge in [-0.05, 0) is 19.4 Å². The molecule has 7 nitrogen and oxygen atoms in total. The smallest absolute Gasteiger partial charge is 0.222 e. The van der Waals surface area contributed by atoms with Crippen LogP contribution in [0.25, 0.3) is 21.6 Å². The van der Waals surface area contributed by atoms with Crippen molar-refractivity contribution in [2.45, 2.75) is 26.2 Å². The molecule has 4 heterocycles. The first kappa shape index (κ1) is 16.2. The highest BCUT2D eigenvalue weighted by Gasteiger charge is 2.25. The number of hydrogen-bond donors (Lipinski definition) is 1. The van der Waals surface area contributed by atoms with Crippen molar-refractivity contribution in [1.82, 2.24) is 19.7 Å². The fourth-order valence-corrected chi connectivity index (χ4v) is 4.20. The van der Waals surface area contributed by atoms with Crippen LogP contribution in [0.5, 0.6) is 0 Å². The van der Waals surface area contributed by atoms with E-state index in [-0.39, 0.29) is 5.91 Å². The Kier molecular flexibility index (Phi) is 4.01. The molecule has 130 valence electrons. The number of hydrogen-bond acceptors (Lipinski definition) is 6. The molecule has 0 radical (unpaired) electrons. The van der Waals surface area contributed by atoms with Crippen LogP contribution in [0.4, 0.5) is 5.82 Å². The third kappa shape index (κ3) is 2.91. The zero-order valence-corrected chi connectivity index (χ0v) is 15.2. The van der Waals surface area contributed by atoms with Crippen LogP contribution in [-0.2, 0) is 16.6 Å². The van der Waals surface area contributed by atoms with Crippen LogP contribution in [0.15, 0.2) is 12.3 Å². The Balaban J connectivity index is 1.80. The zero-order valence-electron chi connectivity index (χ0n) is 14.4. The fraction of sp³-hybridized carbons (Fsp3) is 0.412. The molecule has 4 rings (SSSR count).